The van der Waals surface area contributed by atoms with Crippen LogP contribution in [0.15, 0.2) is 34.7 Å². The highest BCUT2D eigenvalue weighted by Gasteiger charge is 2.15. The number of nitrogen functional groups attached to an aromatic ring is 1. The normalized spacial score (nSPS) is 10.4. The first kappa shape index (κ1) is 10.8. The van der Waals surface area contributed by atoms with Crippen molar-refractivity contribution in [1.82, 2.24) is 0 Å². The molecular weight excluding hydrogens is 226 g/mol. The highest BCUT2D eigenvalue weighted by molar-refractivity contribution is 6.29. The van der Waals surface area contributed by atoms with E-state index in [0.717, 1.165) is 5.56 Å². The van der Waals surface area contributed by atoms with Gasteiger partial charge in [-0.05, 0) is 54.4 Å². The molecule has 2 aromatic rings. The summed E-state index contributed by atoms with van der Waals surface area (Å²) in [4.78, 5) is 12.0. The maximum absolute atomic E-state index is 12.0. The third-order valence-electron chi connectivity index (χ3n) is 2.29. The number of nitrogens with two attached hydrogens (primary N) is 1. The summed E-state index contributed by atoms with van der Waals surface area (Å²) < 4.78 is 5.07. The van der Waals surface area contributed by atoms with E-state index in [1.165, 1.54) is 0 Å². The largest absolute Gasteiger partial charge is 0.441 e. The molecule has 0 atom stereocenters. The summed E-state index contributed by atoms with van der Waals surface area (Å²) >= 11 is 5.62. The Balaban J connectivity index is 2.41. The number of benzene rings is 1. The van der Waals surface area contributed by atoms with Crippen molar-refractivity contribution in [2.24, 2.45) is 0 Å². The second-order valence-electron chi connectivity index (χ2n) is 3.51. The second kappa shape index (κ2) is 4.02. The molecule has 0 radical (unpaired) electrons. The lowest BCUT2D eigenvalue weighted by Crippen LogP contribution is -2.02. The molecule has 0 fully saturated rings. The molecular formula is C12H10ClNO2. The summed E-state index contributed by atoms with van der Waals surface area (Å²) in [6, 6.07) is 8.22. The van der Waals surface area contributed by atoms with E-state index in [-0.39, 0.29) is 16.8 Å². The smallest absolute Gasteiger partial charge is 0.228 e. The van der Waals surface area contributed by atoms with Crippen LogP contribution in [0.25, 0.3) is 0 Å². The Morgan fingerprint density at radius 2 is 2.06 bits per heavy atom. The number of carbonyl (C=O) groups is 1. The predicted octanol–water partition coefficient (Wildman–Crippen LogP) is 3.05. The van der Waals surface area contributed by atoms with Crippen LogP contribution in [-0.4, -0.2) is 5.78 Å². The minimum absolute atomic E-state index is 0.190. The van der Waals surface area contributed by atoms with Gasteiger partial charge in [-0.25, -0.2) is 0 Å². The molecule has 1 aromatic carbocycles. The maximum atomic E-state index is 12.0. The number of rotatable bonds is 2. The number of hydrogen-bond donors (Lipinski definition) is 1. The Labute approximate surface area is 97.8 Å². The summed E-state index contributed by atoms with van der Waals surface area (Å²) in [5.74, 6) is 0.0438. The minimum atomic E-state index is -0.190. The van der Waals surface area contributed by atoms with Gasteiger partial charge in [0, 0.05) is 11.3 Å². The van der Waals surface area contributed by atoms with Gasteiger partial charge in [-0.3, -0.25) is 4.79 Å². The number of anilines is 1. The van der Waals surface area contributed by atoms with Crippen molar-refractivity contribution < 1.29 is 9.21 Å². The molecule has 82 valence electrons. The molecule has 0 spiro atoms. The van der Waals surface area contributed by atoms with E-state index in [0.29, 0.717) is 11.3 Å². The van der Waals surface area contributed by atoms with Crippen molar-refractivity contribution in [3.8, 4) is 0 Å². The molecule has 2 N–H and O–H groups in total. The average Bonchev–Trinajstić information content (AvgIpc) is 2.64. The molecule has 0 saturated heterocycles. The quantitative estimate of drug-likeness (QED) is 0.643. The number of hydrogen-bond acceptors (Lipinski definition) is 3. The molecule has 0 unspecified atom stereocenters. The van der Waals surface area contributed by atoms with Gasteiger partial charge in [0.25, 0.3) is 0 Å². The van der Waals surface area contributed by atoms with Gasteiger partial charge in [-0.2, -0.15) is 0 Å². The van der Waals surface area contributed by atoms with Gasteiger partial charge in [-0.15, -0.1) is 0 Å². The topological polar surface area (TPSA) is 56.2 Å². The summed E-state index contributed by atoms with van der Waals surface area (Å²) in [6.07, 6.45) is 0. The van der Waals surface area contributed by atoms with E-state index < -0.39 is 0 Å². The van der Waals surface area contributed by atoms with E-state index in [1.807, 2.05) is 6.92 Å². The van der Waals surface area contributed by atoms with Crippen molar-refractivity contribution in [3.63, 3.8) is 0 Å². The fraction of sp³-hybridized carbons (Fsp3) is 0.0833. The van der Waals surface area contributed by atoms with Crippen LogP contribution >= 0.6 is 11.6 Å². The Hall–Kier alpha value is -1.74. The predicted molar refractivity (Wildman–Crippen MR) is 62.7 cm³/mol. The number of aryl methyl sites for hydroxylation is 1. The molecule has 0 bridgehead atoms. The summed E-state index contributed by atoms with van der Waals surface area (Å²) in [5.41, 5.74) is 7.63. The number of carbonyl (C=O) groups excluding carboxylic acids is 1. The van der Waals surface area contributed by atoms with Crippen LogP contribution in [0, 0.1) is 6.92 Å². The zero-order valence-electron chi connectivity index (χ0n) is 8.66. The van der Waals surface area contributed by atoms with Gasteiger partial charge in [0.15, 0.2) is 11.0 Å². The van der Waals surface area contributed by atoms with E-state index in [2.05, 4.69) is 0 Å². The van der Waals surface area contributed by atoms with Crippen molar-refractivity contribution in [2.75, 3.05) is 5.73 Å². The third kappa shape index (κ3) is 1.95. The lowest BCUT2D eigenvalue weighted by Gasteiger charge is -2.03. The van der Waals surface area contributed by atoms with Crippen LogP contribution in [0.4, 0.5) is 5.69 Å². The number of halogens is 1. The van der Waals surface area contributed by atoms with Gasteiger partial charge in [0.1, 0.15) is 0 Å². The van der Waals surface area contributed by atoms with Gasteiger partial charge < -0.3 is 10.2 Å². The Morgan fingerprint density at radius 3 is 2.62 bits per heavy atom. The SMILES string of the molecule is Cc1cc(N)ccc1C(=O)c1ccc(Cl)o1. The van der Waals surface area contributed by atoms with Crippen molar-refractivity contribution in [1.29, 1.82) is 0 Å². The first-order chi connectivity index (χ1) is 7.58. The first-order valence-corrected chi connectivity index (χ1v) is 5.12. The fourth-order valence-corrected chi connectivity index (χ4v) is 1.66. The van der Waals surface area contributed by atoms with E-state index in [4.69, 9.17) is 21.8 Å². The summed E-state index contributed by atoms with van der Waals surface area (Å²) in [7, 11) is 0. The van der Waals surface area contributed by atoms with Gasteiger partial charge in [0.05, 0.1) is 0 Å². The molecule has 0 aliphatic heterocycles. The zero-order valence-corrected chi connectivity index (χ0v) is 9.41. The second-order valence-corrected chi connectivity index (χ2v) is 3.88. The Kier molecular flexibility index (Phi) is 2.71. The third-order valence-corrected chi connectivity index (χ3v) is 2.50. The highest BCUT2D eigenvalue weighted by atomic mass is 35.5. The zero-order chi connectivity index (χ0) is 11.7. The van der Waals surface area contributed by atoms with Crippen LogP contribution in [0.3, 0.4) is 0 Å². The van der Waals surface area contributed by atoms with Gasteiger partial charge in [-0.1, -0.05) is 0 Å². The van der Waals surface area contributed by atoms with Gasteiger partial charge in [0.2, 0.25) is 5.78 Å². The highest BCUT2D eigenvalue weighted by Crippen LogP contribution is 2.20. The molecule has 1 heterocycles. The van der Waals surface area contributed by atoms with E-state index in [1.54, 1.807) is 30.3 Å². The Bertz CT molecular complexity index is 546. The van der Waals surface area contributed by atoms with Crippen LogP contribution < -0.4 is 5.73 Å². The molecule has 0 saturated carbocycles. The van der Waals surface area contributed by atoms with Crippen LogP contribution in [-0.2, 0) is 0 Å². The van der Waals surface area contributed by atoms with Crippen molar-refractivity contribution >= 4 is 23.1 Å². The number of ketones is 1. The molecule has 2 rings (SSSR count). The molecule has 3 nitrogen and oxygen atoms in total. The van der Waals surface area contributed by atoms with E-state index in [9.17, 15) is 4.79 Å². The summed E-state index contributed by atoms with van der Waals surface area (Å²) in [6.45, 7) is 1.83. The van der Waals surface area contributed by atoms with E-state index >= 15 is 0 Å². The van der Waals surface area contributed by atoms with Crippen LogP contribution in [0.2, 0.25) is 5.22 Å². The lowest BCUT2D eigenvalue weighted by molar-refractivity contribution is 0.101. The first-order valence-electron chi connectivity index (χ1n) is 4.74. The van der Waals surface area contributed by atoms with Crippen molar-refractivity contribution in [3.05, 3.63) is 52.4 Å². The molecule has 0 aliphatic rings. The number of furan rings is 1. The minimum Gasteiger partial charge on any atom is -0.441 e. The average molecular weight is 236 g/mol. The van der Waals surface area contributed by atoms with Gasteiger partial charge >= 0.3 is 0 Å². The monoisotopic (exact) mass is 235 g/mol. The van der Waals surface area contributed by atoms with Crippen LogP contribution in [0.1, 0.15) is 21.7 Å². The fourth-order valence-electron chi connectivity index (χ4n) is 1.51. The van der Waals surface area contributed by atoms with Crippen molar-refractivity contribution in [2.45, 2.75) is 6.92 Å². The molecule has 16 heavy (non-hydrogen) atoms. The van der Waals surface area contributed by atoms with Crippen LogP contribution in [0.5, 0.6) is 0 Å². The molecule has 1 aromatic heterocycles. The molecule has 0 amide bonds. The molecule has 0 aliphatic carbocycles. The Morgan fingerprint density at radius 1 is 1.31 bits per heavy atom. The molecule has 4 heteroatoms. The maximum Gasteiger partial charge on any atom is 0.228 e. The summed E-state index contributed by atoms with van der Waals surface area (Å²) in [5, 5.41) is 0.205. The standard InChI is InChI=1S/C12H10ClNO2/c1-7-6-8(14)2-3-9(7)12(15)10-4-5-11(13)16-10/h2-6H,14H2,1H3. The lowest BCUT2D eigenvalue weighted by atomic mass is 10.0.